The van der Waals surface area contributed by atoms with E-state index in [9.17, 15) is 9.59 Å². The normalized spacial score (nSPS) is 19.5. The number of nitrogens with zero attached hydrogens (tertiary/aromatic N) is 2. The van der Waals surface area contributed by atoms with Crippen molar-refractivity contribution < 1.29 is 0 Å². The third-order valence-electron chi connectivity index (χ3n) is 4.98. The molecule has 0 aromatic carbocycles. The number of rotatable bonds is 6. The summed E-state index contributed by atoms with van der Waals surface area (Å²) in [6.07, 6.45) is 5.89. The molecule has 1 aromatic rings. The molecule has 0 amide bonds. The van der Waals surface area contributed by atoms with E-state index in [1.54, 1.807) is 0 Å². The molecule has 0 saturated heterocycles. The first-order valence-electron chi connectivity index (χ1n) is 7.83. The van der Waals surface area contributed by atoms with Crippen molar-refractivity contribution >= 4 is 11.5 Å². The summed E-state index contributed by atoms with van der Waals surface area (Å²) in [4.78, 5) is 24.4. The van der Waals surface area contributed by atoms with Gasteiger partial charge in [-0.25, -0.2) is 4.79 Å². The van der Waals surface area contributed by atoms with Gasteiger partial charge in [0.15, 0.2) is 0 Å². The fourth-order valence-corrected chi connectivity index (χ4v) is 3.24. The van der Waals surface area contributed by atoms with E-state index < -0.39 is 0 Å². The lowest BCUT2D eigenvalue weighted by Crippen LogP contribution is -2.41. The van der Waals surface area contributed by atoms with Crippen molar-refractivity contribution in [3.63, 3.8) is 0 Å². The number of aromatic nitrogens is 2. The molecule has 0 spiro atoms. The Hall–Kier alpha value is -1.72. The van der Waals surface area contributed by atoms with Gasteiger partial charge >= 0.3 is 5.69 Å². The molecule has 2 fully saturated rings. The zero-order valence-electron chi connectivity index (χ0n) is 12.8. The van der Waals surface area contributed by atoms with Gasteiger partial charge in [-0.15, -0.1) is 0 Å². The minimum absolute atomic E-state index is 0.275. The summed E-state index contributed by atoms with van der Waals surface area (Å²) in [5, 5.41) is 3.25. The van der Waals surface area contributed by atoms with E-state index in [1.165, 1.54) is 37.3 Å². The molecule has 21 heavy (non-hydrogen) atoms. The third kappa shape index (κ3) is 2.36. The average Bonchev–Trinajstić information content (AvgIpc) is 3.33. The summed E-state index contributed by atoms with van der Waals surface area (Å²) in [7, 11) is 1.51. The molecule has 0 aliphatic heterocycles. The second-order valence-corrected chi connectivity index (χ2v) is 6.55. The van der Waals surface area contributed by atoms with Gasteiger partial charge in [-0.2, -0.15) is 0 Å². The Bertz CT molecular complexity index is 665. The molecule has 6 heteroatoms. The van der Waals surface area contributed by atoms with Crippen LogP contribution in [-0.4, -0.2) is 15.7 Å². The molecule has 0 radical (unpaired) electrons. The van der Waals surface area contributed by atoms with E-state index in [0.717, 1.165) is 23.5 Å². The molecule has 3 rings (SSSR count). The highest BCUT2D eigenvalue weighted by molar-refractivity contribution is 5.60. The number of nitrogens with two attached hydrogens (primary N) is 1. The van der Waals surface area contributed by atoms with Crippen LogP contribution in [0, 0.1) is 11.3 Å². The summed E-state index contributed by atoms with van der Waals surface area (Å²) in [6.45, 7) is 3.30. The molecule has 1 heterocycles. The highest BCUT2D eigenvalue weighted by Crippen LogP contribution is 2.61. The van der Waals surface area contributed by atoms with Crippen molar-refractivity contribution in [3.05, 3.63) is 20.8 Å². The van der Waals surface area contributed by atoms with Crippen LogP contribution in [0.4, 0.5) is 11.5 Å². The van der Waals surface area contributed by atoms with Gasteiger partial charge in [0, 0.05) is 20.1 Å². The van der Waals surface area contributed by atoms with Gasteiger partial charge in [0.1, 0.15) is 11.5 Å². The molecular weight excluding hydrogens is 268 g/mol. The fourth-order valence-electron chi connectivity index (χ4n) is 3.24. The Balaban J connectivity index is 1.90. The van der Waals surface area contributed by atoms with Crippen LogP contribution in [0.25, 0.3) is 0 Å². The zero-order chi connectivity index (χ0) is 15.2. The van der Waals surface area contributed by atoms with Gasteiger partial charge in [-0.05, 0) is 43.4 Å². The largest absolute Gasteiger partial charge is 0.383 e. The predicted molar refractivity (Wildman–Crippen MR) is 83.5 cm³/mol. The van der Waals surface area contributed by atoms with Crippen molar-refractivity contribution in [2.75, 3.05) is 17.6 Å². The van der Waals surface area contributed by atoms with E-state index in [4.69, 9.17) is 5.73 Å². The molecule has 2 aliphatic carbocycles. The van der Waals surface area contributed by atoms with E-state index >= 15 is 0 Å². The molecule has 0 atom stereocenters. The lowest BCUT2D eigenvalue weighted by molar-refractivity contribution is 0.466. The van der Waals surface area contributed by atoms with Gasteiger partial charge < -0.3 is 11.1 Å². The van der Waals surface area contributed by atoms with Crippen LogP contribution in [0.2, 0.25) is 0 Å². The maximum absolute atomic E-state index is 12.3. The van der Waals surface area contributed by atoms with Crippen molar-refractivity contribution in [2.24, 2.45) is 18.4 Å². The van der Waals surface area contributed by atoms with Crippen LogP contribution in [0.1, 0.15) is 39.0 Å². The number of hydrogen-bond acceptors (Lipinski definition) is 4. The van der Waals surface area contributed by atoms with Crippen LogP contribution < -0.4 is 22.3 Å². The molecule has 0 bridgehead atoms. The van der Waals surface area contributed by atoms with Crippen LogP contribution in [0.15, 0.2) is 9.59 Å². The van der Waals surface area contributed by atoms with Crippen molar-refractivity contribution in [1.82, 2.24) is 9.13 Å². The summed E-state index contributed by atoms with van der Waals surface area (Å²) >= 11 is 0. The second-order valence-electron chi connectivity index (χ2n) is 6.55. The Kier molecular flexibility index (Phi) is 3.34. The summed E-state index contributed by atoms with van der Waals surface area (Å²) in [5.74, 6) is 1.09. The van der Waals surface area contributed by atoms with Gasteiger partial charge in [-0.3, -0.25) is 13.9 Å². The Morgan fingerprint density at radius 1 is 1.33 bits per heavy atom. The molecule has 3 N–H and O–H groups in total. The number of hydrogen-bond donors (Lipinski definition) is 2. The van der Waals surface area contributed by atoms with Crippen LogP contribution in [0.3, 0.4) is 0 Å². The van der Waals surface area contributed by atoms with E-state index in [0.29, 0.717) is 17.6 Å². The van der Waals surface area contributed by atoms with Crippen molar-refractivity contribution in [2.45, 2.75) is 45.6 Å². The highest BCUT2D eigenvalue weighted by Gasteiger charge is 2.53. The number of nitrogens with one attached hydrogen (secondary N) is 1. The SMILES string of the molecule is CCCn1c(N)c(NCC2(C3CC3)CC2)c(=O)n(C)c1=O. The van der Waals surface area contributed by atoms with Crippen molar-refractivity contribution in [3.8, 4) is 0 Å². The first-order chi connectivity index (χ1) is 10.00. The van der Waals surface area contributed by atoms with E-state index in [1.807, 2.05) is 6.92 Å². The molecule has 116 valence electrons. The standard InChI is InChI=1S/C15H24N4O2/c1-3-8-19-12(16)11(13(20)18(2)14(19)21)17-9-15(6-7-15)10-4-5-10/h10,17H,3-9,16H2,1-2H3. The lowest BCUT2D eigenvalue weighted by atomic mass is 10.0. The van der Waals surface area contributed by atoms with Crippen LogP contribution in [-0.2, 0) is 13.6 Å². The highest BCUT2D eigenvalue weighted by atomic mass is 16.2. The first-order valence-corrected chi connectivity index (χ1v) is 7.83. The summed E-state index contributed by atoms with van der Waals surface area (Å²) < 4.78 is 2.63. The number of nitrogen functional groups attached to an aromatic ring is 1. The molecule has 2 aliphatic rings. The lowest BCUT2D eigenvalue weighted by Gasteiger charge is -2.19. The monoisotopic (exact) mass is 292 g/mol. The topological polar surface area (TPSA) is 82.0 Å². The third-order valence-corrected chi connectivity index (χ3v) is 4.98. The summed E-state index contributed by atoms with van der Waals surface area (Å²) in [5.41, 5.74) is 6.17. The Morgan fingerprint density at radius 3 is 2.52 bits per heavy atom. The maximum Gasteiger partial charge on any atom is 0.332 e. The minimum atomic E-state index is -0.340. The Labute approximate surface area is 124 Å². The van der Waals surface area contributed by atoms with Gasteiger partial charge in [0.2, 0.25) is 0 Å². The molecule has 6 nitrogen and oxygen atoms in total. The molecular formula is C15H24N4O2. The van der Waals surface area contributed by atoms with Crippen LogP contribution >= 0.6 is 0 Å². The van der Waals surface area contributed by atoms with E-state index in [2.05, 4.69) is 5.32 Å². The molecule has 0 unspecified atom stereocenters. The maximum atomic E-state index is 12.3. The zero-order valence-corrected chi connectivity index (χ0v) is 12.8. The van der Waals surface area contributed by atoms with Gasteiger partial charge in [-0.1, -0.05) is 6.92 Å². The Morgan fingerprint density at radius 2 is 2.00 bits per heavy atom. The van der Waals surface area contributed by atoms with Crippen LogP contribution in [0.5, 0.6) is 0 Å². The summed E-state index contributed by atoms with van der Waals surface area (Å²) in [6, 6.07) is 0. The van der Waals surface area contributed by atoms with Gasteiger partial charge in [0.25, 0.3) is 5.56 Å². The van der Waals surface area contributed by atoms with E-state index in [-0.39, 0.29) is 17.1 Å². The average molecular weight is 292 g/mol. The van der Waals surface area contributed by atoms with Gasteiger partial charge in [0.05, 0.1) is 0 Å². The van der Waals surface area contributed by atoms with Crippen molar-refractivity contribution in [1.29, 1.82) is 0 Å². The molecule has 2 saturated carbocycles. The minimum Gasteiger partial charge on any atom is -0.383 e. The second kappa shape index (κ2) is 4.93. The number of anilines is 2. The smallest absolute Gasteiger partial charge is 0.332 e. The predicted octanol–water partition coefficient (Wildman–Crippen LogP) is 1.14. The fraction of sp³-hybridized carbons (Fsp3) is 0.733. The quantitative estimate of drug-likeness (QED) is 0.824. The first kappa shape index (κ1) is 14.2. The molecule has 1 aromatic heterocycles.